The number of amides is 1. The minimum atomic E-state index is -0.635. The molecule has 6 heteroatoms. The van der Waals surface area contributed by atoms with E-state index in [-0.39, 0.29) is 23.2 Å². The van der Waals surface area contributed by atoms with Gasteiger partial charge in [-0.3, -0.25) is 4.79 Å². The molecule has 1 amide bonds. The summed E-state index contributed by atoms with van der Waals surface area (Å²) in [5.74, 6) is -1.12. The molecule has 1 unspecified atom stereocenters. The Morgan fingerprint density at radius 1 is 1.65 bits per heavy atom. The molecular formula is C11H14ClFN2O2. The SMILES string of the molecule is CC(C)C(CO)NC(=O)c1cc(F)cnc1Cl. The van der Waals surface area contributed by atoms with E-state index in [2.05, 4.69) is 10.3 Å². The lowest BCUT2D eigenvalue weighted by atomic mass is 10.1. The van der Waals surface area contributed by atoms with Crippen molar-refractivity contribution >= 4 is 17.5 Å². The third-order valence-corrected chi connectivity index (χ3v) is 2.67. The largest absolute Gasteiger partial charge is 0.394 e. The molecule has 0 saturated heterocycles. The van der Waals surface area contributed by atoms with Crippen LogP contribution in [0, 0.1) is 11.7 Å². The normalized spacial score (nSPS) is 12.6. The van der Waals surface area contributed by atoms with Gasteiger partial charge in [0.2, 0.25) is 0 Å². The fraction of sp³-hybridized carbons (Fsp3) is 0.455. The number of rotatable bonds is 4. The van der Waals surface area contributed by atoms with Crippen LogP contribution < -0.4 is 5.32 Å². The Kier molecular flexibility index (Phi) is 4.84. The smallest absolute Gasteiger partial charge is 0.254 e. The zero-order valence-corrected chi connectivity index (χ0v) is 10.3. The first-order valence-corrected chi connectivity index (χ1v) is 5.56. The van der Waals surface area contributed by atoms with Crippen molar-refractivity contribution in [3.8, 4) is 0 Å². The van der Waals surface area contributed by atoms with Gasteiger partial charge in [-0.25, -0.2) is 9.37 Å². The Bertz CT molecular complexity index is 412. The van der Waals surface area contributed by atoms with Gasteiger partial charge in [0.15, 0.2) is 0 Å². The van der Waals surface area contributed by atoms with E-state index in [1.807, 2.05) is 13.8 Å². The van der Waals surface area contributed by atoms with Crippen LogP contribution in [0.25, 0.3) is 0 Å². The van der Waals surface area contributed by atoms with Gasteiger partial charge >= 0.3 is 0 Å². The van der Waals surface area contributed by atoms with Crippen molar-refractivity contribution in [1.82, 2.24) is 10.3 Å². The first kappa shape index (κ1) is 13.9. The molecule has 0 aromatic carbocycles. The van der Waals surface area contributed by atoms with E-state index in [1.165, 1.54) is 0 Å². The van der Waals surface area contributed by atoms with E-state index >= 15 is 0 Å². The van der Waals surface area contributed by atoms with E-state index in [0.717, 1.165) is 12.3 Å². The van der Waals surface area contributed by atoms with Crippen LogP contribution in [0.1, 0.15) is 24.2 Å². The van der Waals surface area contributed by atoms with Crippen molar-refractivity contribution in [2.24, 2.45) is 5.92 Å². The number of pyridine rings is 1. The van der Waals surface area contributed by atoms with E-state index < -0.39 is 17.8 Å². The third-order valence-electron chi connectivity index (χ3n) is 2.37. The minimum Gasteiger partial charge on any atom is -0.394 e. The number of aliphatic hydroxyl groups excluding tert-OH is 1. The summed E-state index contributed by atoms with van der Waals surface area (Å²) in [4.78, 5) is 15.3. The molecule has 1 aromatic heterocycles. The van der Waals surface area contributed by atoms with Crippen LogP contribution in [0.3, 0.4) is 0 Å². The van der Waals surface area contributed by atoms with Gasteiger partial charge in [-0.2, -0.15) is 0 Å². The summed E-state index contributed by atoms with van der Waals surface area (Å²) in [5, 5.41) is 11.6. The van der Waals surface area contributed by atoms with Crippen LogP contribution in [0.15, 0.2) is 12.3 Å². The summed E-state index contributed by atoms with van der Waals surface area (Å²) in [5.41, 5.74) is -0.0363. The summed E-state index contributed by atoms with van der Waals surface area (Å²) >= 11 is 5.70. The zero-order valence-electron chi connectivity index (χ0n) is 9.58. The second kappa shape index (κ2) is 5.93. The number of carbonyl (C=O) groups is 1. The Hall–Kier alpha value is -1.20. The second-order valence-corrected chi connectivity index (χ2v) is 4.36. The molecule has 0 saturated carbocycles. The Morgan fingerprint density at radius 2 is 2.29 bits per heavy atom. The van der Waals surface area contributed by atoms with E-state index in [9.17, 15) is 9.18 Å². The fourth-order valence-corrected chi connectivity index (χ4v) is 1.44. The number of hydrogen-bond donors (Lipinski definition) is 2. The summed E-state index contributed by atoms with van der Waals surface area (Å²) in [6.45, 7) is 3.52. The molecule has 1 atom stereocenters. The highest BCUT2D eigenvalue weighted by Gasteiger charge is 2.19. The number of nitrogens with one attached hydrogen (secondary N) is 1. The van der Waals surface area contributed by atoms with Crippen LogP contribution in [-0.4, -0.2) is 28.6 Å². The highest BCUT2D eigenvalue weighted by Crippen LogP contribution is 2.14. The Morgan fingerprint density at radius 3 is 2.82 bits per heavy atom. The Labute approximate surface area is 104 Å². The highest BCUT2D eigenvalue weighted by atomic mass is 35.5. The van der Waals surface area contributed by atoms with Crippen LogP contribution in [0.2, 0.25) is 5.15 Å². The van der Waals surface area contributed by atoms with Crippen LogP contribution >= 0.6 is 11.6 Å². The summed E-state index contributed by atoms with van der Waals surface area (Å²) in [6.07, 6.45) is 0.936. The number of nitrogens with zero attached hydrogens (tertiary/aromatic N) is 1. The predicted molar refractivity (Wildman–Crippen MR) is 62.4 cm³/mol. The summed E-state index contributed by atoms with van der Waals surface area (Å²) < 4.78 is 12.9. The molecule has 17 heavy (non-hydrogen) atoms. The zero-order chi connectivity index (χ0) is 13.0. The molecule has 0 fully saturated rings. The molecule has 0 aliphatic rings. The van der Waals surface area contributed by atoms with Gasteiger partial charge in [-0.15, -0.1) is 0 Å². The van der Waals surface area contributed by atoms with Crippen LogP contribution in [0.5, 0.6) is 0 Å². The van der Waals surface area contributed by atoms with Gasteiger partial charge in [0.1, 0.15) is 11.0 Å². The summed E-state index contributed by atoms with van der Waals surface area (Å²) in [7, 11) is 0. The third kappa shape index (κ3) is 3.64. The monoisotopic (exact) mass is 260 g/mol. The fourth-order valence-electron chi connectivity index (χ4n) is 1.25. The van der Waals surface area contributed by atoms with Crippen LogP contribution in [-0.2, 0) is 0 Å². The first-order valence-electron chi connectivity index (χ1n) is 5.18. The molecular weight excluding hydrogens is 247 g/mol. The molecule has 4 nitrogen and oxygen atoms in total. The maximum Gasteiger partial charge on any atom is 0.254 e. The quantitative estimate of drug-likeness (QED) is 0.809. The average molecular weight is 261 g/mol. The molecule has 1 rings (SSSR count). The number of aliphatic hydroxyl groups is 1. The first-order chi connectivity index (χ1) is 7.95. The van der Waals surface area contributed by atoms with Crippen LogP contribution in [0.4, 0.5) is 4.39 Å². The van der Waals surface area contributed by atoms with E-state index in [1.54, 1.807) is 0 Å². The topological polar surface area (TPSA) is 62.2 Å². The van der Waals surface area contributed by atoms with Crippen molar-refractivity contribution in [3.05, 3.63) is 28.8 Å². The molecule has 0 aliphatic heterocycles. The number of aromatic nitrogens is 1. The average Bonchev–Trinajstić information content (AvgIpc) is 2.28. The lowest BCUT2D eigenvalue weighted by Crippen LogP contribution is -2.41. The molecule has 0 radical (unpaired) electrons. The number of halogens is 2. The molecule has 94 valence electrons. The lowest BCUT2D eigenvalue weighted by molar-refractivity contribution is 0.0896. The number of carbonyl (C=O) groups excluding carboxylic acids is 1. The van der Waals surface area contributed by atoms with Gasteiger partial charge in [-0.05, 0) is 12.0 Å². The van der Waals surface area contributed by atoms with Crippen molar-refractivity contribution in [2.75, 3.05) is 6.61 Å². The van der Waals surface area contributed by atoms with Gasteiger partial charge in [-0.1, -0.05) is 25.4 Å². The minimum absolute atomic E-state index is 0.0363. The van der Waals surface area contributed by atoms with Crippen molar-refractivity contribution in [3.63, 3.8) is 0 Å². The molecule has 0 bridgehead atoms. The second-order valence-electron chi connectivity index (χ2n) is 4.00. The standard InChI is InChI=1S/C11H14ClFN2O2/c1-6(2)9(5-16)15-11(17)8-3-7(13)4-14-10(8)12/h3-4,6,9,16H,5H2,1-2H3,(H,15,17). The maximum absolute atomic E-state index is 12.9. The molecule has 1 aromatic rings. The summed E-state index contributed by atoms with van der Waals surface area (Å²) in [6, 6.07) is 0.612. The number of hydrogen-bond acceptors (Lipinski definition) is 3. The molecule has 2 N–H and O–H groups in total. The van der Waals surface area contributed by atoms with Gasteiger partial charge < -0.3 is 10.4 Å². The maximum atomic E-state index is 12.9. The van der Waals surface area contributed by atoms with Crippen molar-refractivity contribution < 1.29 is 14.3 Å². The molecule has 1 heterocycles. The molecule has 0 spiro atoms. The van der Waals surface area contributed by atoms with E-state index in [4.69, 9.17) is 16.7 Å². The van der Waals surface area contributed by atoms with E-state index in [0.29, 0.717) is 0 Å². The van der Waals surface area contributed by atoms with Crippen molar-refractivity contribution in [1.29, 1.82) is 0 Å². The highest BCUT2D eigenvalue weighted by molar-refractivity contribution is 6.32. The van der Waals surface area contributed by atoms with Gasteiger partial charge in [0, 0.05) is 0 Å². The Balaban J connectivity index is 2.86. The molecule has 0 aliphatic carbocycles. The van der Waals surface area contributed by atoms with Gasteiger partial charge in [0.25, 0.3) is 5.91 Å². The van der Waals surface area contributed by atoms with Gasteiger partial charge in [0.05, 0.1) is 24.4 Å². The van der Waals surface area contributed by atoms with Crippen molar-refractivity contribution in [2.45, 2.75) is 19.9 Å². The lowest BCUT2D eigenvalue weighted by Gasteiger charge is -2.20. The predicted octanol–water partition coefficient (Wildman–Crippen LogP) is 1.62.